The second-order valence-electron chi connectivity index (χ2n) is 5.41. The average molecular weight is 298 g/mol. The van der Waals surface area contributed by atoms with E-state index in [1.807, 2.05) is 0 Å². The molecule has 1 aliphatic rings. The Morgan fingerprint density at radius 2 is 2.15 bits per heavy atom. The van der Waals surface area contributed by atoms with Crippen LogP contribution in [0.2, 0.25) is 5.02 Å². The Morgan fingerprint density at radius 3 is 2.80 bits per heavy atom. The maximum Gasteiger partial charge on any atom is 0.269 e. The minimum Gasteiger partial charge on any atom is -0.312 e. The van der Waals surface area contributed by atoms with E-state index in [4.69, 9.17) is 11.6 Å². The van der Waals surface area contributed by atoms with Gasteiger partial charge in [0, 0.05) is 23.7 Å². The van der Waals surface area contributed by atoms with Crippen LogP contribution in [0.25, 0.3) is 0 Å². The maximum atomic E-state index is 10.8. The Balaban J connectivity index is 1.84. The molecule has 0 aromatic heterocycles. The average Bonchev–Trinajstić information content (AvgIpc) is 2.43. The summed E-state index contributed by atoms with van der Waals surface area (Å²) in [4.78, 5) is 12.7. The highest BCUT2D eigenvalue weighted by molar-refractivity contribution is 6.31. The number of nitro benzene ring substituents is 1. The zero-order chi connectivity index (χ0) is 14.5. The number of rotatable bonds is 5. The molecule has 0 bridgehead atoms. The SMILES string of the molecule is CN1CCC(CNCc2cc([N+](=O)[O-])ccc2Cl)CC1. The van der Waals surface area contributed by atoms with Crippen LogP contribution in [0.5, 0.6) is 0 Å². The largest absolute Gasteiger partial charge is 0.312 e. The third kappa shape index (κ3) is 4.16. The number of piperidine rings is 1. The van der Waals surface area contributed by atoms with Gasteiger partial charge < -0.3 is 10.2 Å². The topological polar surface area (TPSA) is 58.4 Å². The molecule has 0 aliphatic carbocycles. The number of likely N-dealkylation sites (tertiary alicyclic amines) is 1. The molecule has 1 fully saturated rings. The van der Waals surface area contributed by atoms with Crippen molar-refractivity contribution in [3.63, 3.8) is 0 Å². The van der Waals surface area contributed by atoms with Gasteiger partial charge in [-0.25, -0.2) is 0 Å². The summed E-state index contributed by atoms with van der Waals surface area (Å²) in [5.74, 6) is 0.684. The van der Waals surface area contributed by atoms with Crippen LogP contribution in [0, 0.1) is 16.0 Å². The summed E-state index contributed by atoms with van der Waals surface area (Å²) < 4.78 is 0. The molecule has 2 rings (SSSR count). The second-order valence-corrected chi connectivity index (χ2v) is 5.82. The van der Waals surface area contributed by atoms with Crippen molar-refractivity contribution in [3.05, 3.63) is 38.9 Å². The summed E-state index contributed by atoms with van der Waals surface area (Å²) in [6.07, 6.45) is 2.40. The Kier molecular flexibility index (Phi) is 5.34. The van der Waals surface area contributed by atoms with E-state index in [0.29, 0.717) is 17.5 Å². The summed E-state index contributed by atoms with van der Waals surface area (Å²) in [5, 5.41) is 14.7. The van der Waals surface area contributed by atoms with Crippen molar-refractivity contribution in [1.29, 1.82) is 0 Å². The smallest absolute Gasteiger partial charge is 0.269 e. The highest BCUT2D eigenvalue weighted by Gasteiger charge is 2.16. The molecule has 1 heterocycles. The zero-order valence-electron chi connectivity index (χ0n) is 11.6. The van der Waals surface area contributed by atoms with Crippen molar-refractivity contribution < 1.29 is 4.92 Å². The molecular formula is C14H20ClN3O2. The Morgan fingerprint density at radius 1 is 1.45 bits per heavy atom. The van der Waals surface area contributed by atoms with Crippen molar-refractivity contribution in [2.45, 2.75) is 19.4 Å². The van der Waals surface area contributed by atoms with Crippen molar-refractivity contribution in [3.8, 4) is 0 Å². The van der Waals surface area contributed by atoms with Crippen molar-refractivity contribution in [2.75, 3.05) is 26.7 Å². The number of nitrogens with zero attached hydrogens (tertiary/aromatic N) is 2. The molecule has 110 valence electrons. The van der Waals surface area contributed by atoms with Gasteiger partial charge in [0.05, 0.1) is 4.92 Å². The minimum absolute atomic E-state index is 0.0884. The monoisotopic (exact) mass is 297 g/mol. The highest BCUT2D eigenvalue weighted by atomic mass is 35.5. The number of non-ortho nitro benzene ring substituents is 1. The van der Waals surface area contributed by atoms with Crippen LogP contribution in [-0.2, 0) is 6.54 Å². The van der Waals surface area contributed by atoms with Gasteiger partial charge >= 0.3 is 0 Å². The van der Waals surface area contributed by atoms with Crippen molar-refractivity contribution in [2.24, 2.45) is 5.92 Å². The number of benzene rings is 1. The molecule has 1 saturated heterocycles. The number of hydrogen-bond acceptors (Lipinski definition) is 4. The predicted octanol–water partition coefficient (Wildman–Crippen LogP) is 2.68. The van der Waals surface area contributed by atoms with E-state index in [9.17, 15) is 10.1 Å². The van der Waals surface area contributed by atoms with E-state index in [0.717, 1.165) is 25.2 Å². The van der Waals surface area contributed by atoms with E-state index < -0.39 is 4.92 Å². The zero-order valence-corrected chi connectivity index (χ0v) is 12.4. The van der Waals surface area contributed by atoms with Gasteiger partial charge in [-0.3, -0.25) is 10.1 Å². The first-order valence-corrected chi connectivity index (χ1v) is 7.26. The number of nitrogens with one attached hydrogen (secondary N) is 1. The lowest BCUT2D eigenvalue weighted by Crippen LogP contribution is -2.34. The summed E-state index contributed by atoms with van der Waals surface area (Å²) >= 11 is 6.07. The predicted molar refractivity (Wildman–Crippen MR) is 80.0 cm³/mol. The van der Waals surface area contributed by atoms with Crippen LogP contribution >= 0.6 is 11.6 Å². The van der Waals surface area contributed by atoms with Crippen LogP contribution in [-0.4, -0.2) is 36.5 Å². The van der Waals surface area contributed by atoms with E-state index in [1.165, 1.54) is 18.9 Å². The summed E-state index contributed by atoms with van der Waals surface area (Å²) in [6.45, 7) is 3.80. The number of nitro groups is 1. The molecule has 5 nitrogen and oxygen atoms in total. The molecule has 1 aromatic carbocycles. The minimum atomic E-state index is -0.392. The molecule has 0 unspecified atom stereocenters. The summed E-state index contributed by atoms with van der Waals surface area (Å²) in [5.41, 5.74) is 0.874. The lowest BCUT2D eigenvalue weighted by Gasteiger charge is -2.29. The first kappa shape index (κ1) is 15.2. The third-order valence-electron chi connectivity index (χ3n) is 3.83. The number of halogens is 1. The standard InChI is InChI=1S/C14H20ClN3O2/c1-17-6-4-11(5-7-17)9-16-10-12-8-13(18(19)20)2-3-14(12)15/h2-3,8,11,16H,4-7,9-10H2,1H3. The van der Waals surface area contributed by atoms with Gasteiger partial charge in [0.15, 0.2) is 0 Å². The third-order valence-corrected chi connectivity index (χ3v) is 4.20. The van der Waals surface area contributed by atoms with Crippen molar-refractivity contribution in [1.82, 2.24) is 10.2 Å². The molecule has 0 saturated carbocycles. The van der Waals surface area contributed by atoms with Crippen LogP contribution in [0.3, 0.4) is 0 Å². The first-order valence-electron chi connectivity index (χ1n) is 6.88. The maximum absolute atomic E-state index is 10.8. The van der Waals surface area contributed by atoms with Gasteiger partial charge in [-0.05, 0) is 57.1 Å². The first-order chi connectivity index (χ1) is 9.56. The van der Waals surface area contributed by atoms with Gasteiger partial charge in [0.2, 0.25) is 0 Å². The Labute approximate surface area is 124 Å². The highest BCUT2D eigenvalue weighted by Crippen LogP contribution is 2.22. The van der Waals surface area contributed by atoms with Gasteiger partial charge in [-0.15, -0.1) is 0 Å². The molecule has 1 N–H and O–H groups in total. The molecule has 20 heavy (non-hydrogen) atoms. The van der Waals surface area contributed by atoms with Gasteiger partial charge in [0.25, 0.3) is 5.69 Å². The molecule has 0 amide bonds. The van der Waals surface area contributed by atoms with Crippen LogP contribution in [0.1, 0.15) is 18.4 Å². The summed E-state index contributed by atoms with van der Waals surface area (Å²) in [6, 6.07) is 4.57. The lowest BCUT2D eigenvalue weighted by atomic mass is 9.97. The van der Waals surface area contributed by atoms with E-state index >= 15 is 0 Å². The Hall–Kier alpha value is -1.17. The fourth-order valence-electron chi connectivity index (χ4n) is 2.49. The molecule has 0 spiro atoms. The second kappa shape index (κ2) is 7.02. The van der Waals surface area contributed by atoms with Gasteiger partial charge in [-0.2, -0.15) is 0 Å². The normalized spacial score (nSPS) is 17.3. The molecule has 0 radical (unpaired) electrons. The van der Waals surface area contributed by atoms with Crippen LogP contribution < -0.4 is 5.32 Å². The molecule has 0 atom stereocenters. The quantitative estimate of drug-likeness (QED) is 0.670. The van der Waals surface area contributed by atoms with Gasteiger partial charge in [-0.1, -0.05) is 11.6 Å². The molecule has 1 aromatic rings. The molecular weight excluding hydrogens is 278 g/mol. The lowest BCUT2D eigenvalue weighted by molar-refractivity contribution is -0.384. The number of hydrogen-bond donors (Lipinski definition) is 1. The molecule has 1 aliphatic heterocycles. The summed E-state index contributed by atoms with van der Waals surface area (Å²) in [7, 11) is 2.15. The van der Waals surface area contributed by atoms with E-state index in [2.05, 4.69) is 17.3 Å². The fourth-order valence-corrected chi connectivity index (χ4v) is 2.67. The fraction of sp³-hybridized carbons (Fsp3) is 0.571. The van der Waals surface area contributed by atoms with Crippen LogP contribution in [0.4, 0.5) is 5.69 Å². The van der Waals surface area contributed by atoms with E-state index in [1.54, 1.807) is 12.1 Å². The molecule has 6 heteroatoms. The Bertz CT molecular complexity index is 473. The van der Waals surface area contributed by atoms with E-state index in [-0.39, 0.29) is 5.69 Å². The van der Waals surface area contributed by atoms with Crippen LogP contribution in [0.15, 0.2) is 18.2 Å². The van der Waals surface area contributed by atoms with Crippen molar-refractivity contribution >= 4 is 17.3 Å². The van der Waals surface area contributed by atoms with Gasteiger partial charge in [0.1, 0.15) is 0 Å².